The van der Waals surface area contributed by atoms with Gasteiger partial charge in [0.05, 0.1) is 17.9 Å². The van der Waals surface area contributed by atoms with Gasteiger partial charge in [0.1, 0.15) is 0 Å². The van der Waals surface area contributed by atoms with Gasteiger partial charge in [-0.1, -0.05) is 117 Å². The number of carbonyl (C=O) groups excluding carboxylic acids is 1. The predicted octanol–water partition coefficient (Wildman–Crippen LogP) is 6.17. The molecule has 0 bridgehead atoms. The van der Waals surface area contributed by atoms with Crippen LogP contribution in [0.15, 0.2) is 0 Å². The molecule has 0 saturated heterocycles. The first-order valence-corrected chi connectivity index (χ1v) is 14.8. The highest BCUT2D eigenvalue weighted by molar-refractivity contribution is 7.85. The van der Waals surface area contributed by atoms with E-state index in [0.717, 1.165) is 38.5 Å². The first kappa shape index (κ1) is 31.3. The minimum atomic E-state index is -4.28. The maximum absolute atomic E-state index is 12.2. The minimum absolute atomic E-state index is 0.254. The third-order valence-electron chi connectivity index (χ3n) is 6.06. The van der Waals surface area contributed by atoms with Gasteiger partial charge in [0.2, 0.25) is 5.91 Å². The van der Waals surface area contributed by atoms with Crippen LogP contribution in [0, 0.1) is 0 Å². The van der Waals surface area contributed by atoms with Crippen molar-refractivity contribution in [2.75, 3.05) is 5.75 Å². The summed E-state index contributed by atoms with van der Waals surface area (Å²) in [7, 11) is -4.28. The van der Waals surface area contributed by atoms with E-state index < -0.39 is 28.0 Å². The van der Waals surface area contributed by atoms with Gasteiger partial charge in [-0.2, -0.15) is 8.42 Å². The molecule has 2 atom stereocenters. The van der Waals surface area contributed by atoms with Crippen molar-refractivity contribution in [3.05, 3.63) is 0 Å². The SMILES string of the molecule is CCCCCCCCCCCC(O)C(CS(=O)(=O)O)NC(=O)CCCCCCCCCC. The van der Waals surface area contributed by atoms with Crippen molar-refractivity contribution in [3.8, 4) is 0 Å². The Balaban J connectivity index is 4.12. The largest absolute Gasteiger partial charge is 0.391 e. The molecule has 6 nitrogen and oxygen atoms in total. The molecule has 7 heteroatoms. The maximum atomic E-state index is 12.2. The van der Waals surface area contributed by atoms with Gasteiger partial charge in [-0.25, -0.2) is 0 Å². The van der Waals surface area contributed by atoms with Crippen LogP contribution in [0.3, 0.4) is 0 Å². The van der Waals surface area contributed by atoms with Gasteiger partial charge in [-0.05, 0) is 12.8 Å². The van der Waals surface area contributed by atoms with Crippen LogP contribution in [0.25, 0.3) is 0 Å². The molecule has 0 aromatic rings. The molecule has 0 saturated carbocycles. The predicted molar refractivity (Wildman–Crippen MR) is 133 cm³/mol. The average Bonchev–Trinajstić information content (AvgIpc) is 2.73. The zero-order valence-corrected chi connectivity index (χ0v) is 21.6. The fourth-order valence-corrected chi connectivity index (χ4v) is 4.80. The normalized spacial score (nSPS) is 13.8. The summed E-state index contributed by atoms with van der Waals surface area (Å²) in [5.41, 5.74) is 0. The van der Waals surface area contributed by atoms with Crippen LogP contribution in [0.2, 0.25) is 0 Å². The molecule has 0 aromatic heterocycles. The number of aliphatic hydroxyl groups excluding tert-OH is 1. The summed E-state index contributed by atoms with van der Waals surface area (Å²) in [6, 6.07) is -0.958. The Morgan fingerprint density at radius 2 is 1.12 bits per heavy atom. The van der Waals surface area contributed by atoms with Gasteiger partial charge in [0, 0.05) is 6.42 Å². The third kappa shape index (κ3) is 21.2. The Kier molecular flexibility index (Phi) is 20.5. The van der Waals surface area contributed by atoms with Gasteiger partial charge in [-0.15, -0.1) is 0 Å². The van der Waals surface area contributed by atoms with Crippen LogP contribution >= 0.6 is 0 Å². The molecular formula is C25H51NO5S. The highest BCUT2D eigenvalue weighted by Gasteiger charge is 2.25. The lowest BCUT2D eigenvalue weighted by Crippen LogP contribution is -2.47. The van der Waals surface area contributed by atoms with Crippen molar-refractivity contribution in [1.29, 1.82) is 0 Å². The summed E-state index contributed by atoms with van der Waals surface area (Å²) in [6.45, 7) is 4.40. The number of carbonyl (C=O) groups is 1. The molecule has 0 aliphatic heterocycles. The number of amides is 1. The monoisotopic (exact) mass is 477 g/mol. The first-order valence-electron chi connectivity index (χ1n) is 13.2. The van der Waals surface area contributed by atoms with Gasteiger partial charge < -0.3 is 10.4 Å². The van der Waals surface area contributed by atoms with E-state index in [4.69, 9.17) is 0 Å². The molecule has 192 valence electrons. The number of aliphatic hydroxyl groups is 1. The van der Waals surface area contributed by atoms with Gasteiger partial charge in [0.15, 0.2) is 0 Å². The summed E-state index contributed by atoms with van der Waals surface area (Å²) >= 11 is 0. The summed E-state index contributed by atoms with van der Waals surface area (Å²) in [4.78, 5) is 12.2. The Bertz CT molecular complexity index is 538. The smallest absolute Gasteiger partial charge is 0.266 e. The molecule has 0 aliphatic carbocycles. The van der Waals surface area contributed by atoms with E-state index in [1.807, 2.05) is 0 Å². The summed E-state index contributed by atoms with van der Waals surface area (Å²) < 4.78 is 31.9. The van der Waals surface area contributed by atoms with E-state index >= 15 is 0 Å². The second kappa shape index (κ2) is 20.9. The number of unbranched alkanes of at least 4 members (excludes halogenated alkanes) is 15. The van der Waals surface area contributed by atoms with Crippen LogP contribution in [0.1, 0.15) is 136 Å². The van der Waals surface area contributed by atoms with Crippen molar-refractivity contribution in [3.63, 3.8) is 0 Å². The fourth-order valence-electron chi connectivity index (χ4n) is 4.04. The summed E-state index contributed by atoms with van der Waals surface area (Å²) in [6.07, 6.45) is 19.2. The summed E-state index contributed by atoms with van der Waals surface area (Å²) in [5, 5.41) is 13.1. The maximum Gasteiger partial charge on any atom is 0.266 e. The van der Waals surface area contributed by atoms with E-state index in [9.17, 15) is 22.9 Å². The van der Waals surface area contributed by atoms with Gasteiger partial charge in [0.25, 0.3) is 10.1 Å². The average molecular weight is 478 g/mol. The van der Waals surface area contributed by atoms with Crippen molar-refractivity contribution in [2.24, 2.45) is 0 Å². The number of nitrogens with one attached hydrogen (secondary N) is 1. The highest BCUT2D eigenvalue weighted by atomic mass is 32.2. The van der Waals surface area contributed by atoms with Crippen molar-refractivity contribution in [2.45, 2.75) is 148 Å². The van der Waals surface area contributed by atoms with Gasteiger partial charge >= 0.3 is 0 Å². The van der Waals surface area contributed by atoms with E-state index in [0.29, 0.717) is 12.8 Å². The molecule has 0 fully saturated rings. The lowest BCUT2D eigenvalue weighted by molar-refractivity contribution is -0.122. The van der Waals surface area contributed by atoms with E-state index in [2.05, 4.69) is 19.2 Å². The molecule has 2 unspecified atom stereocenters. The number of hydrogen-bond donors (Lipinski definition) is 3. The summed E-state index contributed by atoms with van der Waals surface area (Å²) in [5.74, 6) is -0.898. The van der Waals surface area contributed by atoms with Crippen molar-refractivity contribution < 1.29 is 22.9 Å². The van der Waals surface area contributed by atoms with Crippen molar-refractivity contribution in [1.82, 2.24) is 5.32 Å². The highest BCUT2D eigenvalue weighted by Crippen LogP contribution is 2.14. The minimum Gasteiger partial charge on any atom is -0.391 e. The Morgan fingerprint density at radius 3 is 1.56 bits per heavy atom. The third-order valence-corrected chi connectivity index (χ3v) is 6.84. The second-order valence-electron chi connectivity index (χ2n) is 9.33. The van der Waals surface area contributed by atoms with Crippen LogP contribution in [-0.4, -0.2) is 41.9 Å². The topological polar surface area (TPSA) is 104 Å². The Hall–Kier alpha value is -0.660. The molecule has 0 rings (SSSR count). The molecular weight excluding hydrogens is 426 g/mol. The van der Waals surface area contributed by atoms with E-state index in [1.54, 1.807) is 0 Å². The molecule has 0 radical (unpaired) electrons. The zero-order chi connectivity index (χ0) is 24.1. The van der Waals surface area contributed by atoms with Crippen LogP contribution in [-0.2, 0) is 14.9 Å². The van der Waals surface area contributed by atoms with Crippen molar-refractivity contribution >= 4 is 16.0 Å². The molecule has 0 aromatic carbocycles. The quantitative estimate of drug-likeness (QED) is 0.121. The first-order chi connectivity index (χ1) is 15.3. The van der Waals surface area contributed by atoms with Gasteiger partial charge in [-0.3, -0.25) is 9.35 Å². The van der Waals surface area contributed by atoms with E-state index in [-0.39, 0.29) is 5.91 Å². The molecule has 1 amide bonds. The lowest BCUT2D eigenvalue weighted by Gasteiger charge is -2.23. The zero-order valence-electron chi connectivity index (χ0n) is 20.8. The van der Waals surface area contributed by atoms with Crippen LogP contribution in [0.5, 0.6) is 0 Å². The molecule has 0 heterocycles. The fraction of sp³-hybridized carbons (Fsp3) is 0.960. The Morgan fingerprint density at radius 1 is 0.719 bits per heavy atom. The Labute approximate surface area is 198 Å². The second-order valence-corrected chi connectivity index (χ2v) is 10.8. The molecule has 0 aliphatic rings. The van der Waals surface area contributed by atoms with E-state index in [1.165, 1.54) is 70.6 Å². The van der Waals surface area contributed by atoms with Crippen LogP contribution < -0.4 is 5.32 Å². The lowest BCUT2D eigenvalue weighted by atomic mass is 10.0. The number of hydrogen-bond acceptors (Lipinski definition) is 4. The standard InChI is InChI=1S/C25H51NO5S/c1-3-5-7-9-11-13-14-16-18-20-24(27)23(22-32(29,30)31)26-25(28)21-19-17-15-12-10-8-6-4-2/h23-24,27H,3-22H2,1-2H3,(H,26,28)(H,29,30,31). The number of rotatable bonds is 23. The molecule has 3 N–H and O–H groups in total. The molecule has 0 spiro atoms. The van der Waals surface area contributed by atoms with Crippen LogP contribution in [0.4, 0.5) is 0 Å². The molecule has 32 heavy (non-hydrogen) atoms.